The number of aromatic nitrogens is 1. The Morgan fingerprint density at radius 2 is 1.79 bits per heavy atom. The number of pyridine rings is 1. The maximum Gasteiger partial charge on any atom is 0.263 e. The summed E-state index contributed by atoms with van der Waals surface area (Å²) in [6.45, 7) is 4.02. The largest absolute Gasteiger partial charge is 0.495 e. The lowest BCUT2D eigenvalue weighted by atomic mass is 10.2. The van der Waals surface area contributed by atoms with E-state index in [0.29, 0.717) is 5.75 Å². The smallest absolute Gasteiger partial charge is 0.263 e. The Morgan fingerprint density at radius 1 is 1.04 bits per heavy atom. The van der Waals surface area contributed by atoms with Gasteiger partial charge in [-0.2, -0.15) is 0 Å². The van der Waals surface area contributed by atoms with Crippen LogP contribution in [0.25, 0.3) is 0 Å². The second kappa shape index (κ2) is 8.31. The van der Waals surface area contributed by atoms with Crippen molar-refractivity contribution in [3.05, 3.63) is 71.9 Å². The van der Waals surface area contributed by atoms with E-state index in [9.17, 15) is 8.42 Å². The molecule has 1 heterocycles. The minimum Gasteiger partial charge on any atom is -0.495 e. The number of nitrogens with one attached hydrogen (secondary N) is 2. The van der Waals surface area contributed by atoms with E-state index in [4.69, 9.17) is 4.74 Å². The molecule has 0 aliphatic rings. The SMILES string of the molecule is CCc1ccc(S(=O)(=O)Nc2ccc(Nc3cc(C)ccc3OC)cn2)cc1. The van der Waals surface area contributed by atoms with Gasteiger partial charge in [-0.3, -0.25) is 4.72 Å². The molecular weight excluding hydrogens is 374 g/mol. The molecule has 1 aromatic heterocycles. The van der Waals surface area contributed by atoms with Gasteiger partial charge in [-0.1, -0.05) is 25.1 Å². The zero-order chi connectivity index (χ0) is 20.1. The molecule has 0 aliphatic carbocycles. The summed E-state index contributed by atoms with van der Waals surface area (Å²) in [5.74, 6) is 0.965. The molecule has 0 atom stereocenters. The Bertz CT molecular complexity index is 1050. The highest BCUT2D eigenvalue weighted by Crippen LogP contribution is 2.28. The van der Waals surface area contributed by atoms with E-state index in [0.717, 1.165) is 28.9 Å². The van der Waals surface area contributed by atoms with Gasteiger partial charge in [0.2, 0.25) is 0 Å². The summed E-state index contributed by atoms with van der Waals surface area (Å²) < 4.78 is 32.9. The highest BCUT2D eigenvalue weighted by atomic mass is 32.2. The molecule has 0 saturated heterocycles. The van der Waals surface area contributed by atoms with Gasteiger partial charge < -0.3 is 10.1 Å². The molecule has 2 aromatic carbocycles. The van der Waals surface area contributed by atoms with Gasteiger partial charge in [0.15, 0.2) is 0 Å². The molecular formula is C21H23N3O3S. The fourth-order valence-corrected chi connectivity index (χ4v) is 3.71. The molecule has 7 heteroatoms. The number of hydrogen-bond donors (Lipinski definition) is 2. The Morgan fingerprint density at radius 3 is 2.39 bits per heavy atom. The fraction of sp³-hybridized carbons (Fsp3) is 0.190. The Hall–Kier alpha value is -3.06. The number of sulfonamides is 1. The van der Waals surface area contributed by atoms with Crippen LogP contribution >= 0.6 is 0 Å². The predicted octanol–water partition coefficient (Wildman–Crippen LogP) is 4.51. The van der Waals surface area contributed by atoms with E-state index in [1.807, 2.05) is 44.2 Å². The minimum atomic E-state index is -3.68. The van der Waals surface area contributed by atoms with Crippen LogP contribution in [0.15, 0.2) is 65.7 Å². The average molecular weight is 398 g/mol. The minimum absolute atomic E-state index is 0.207. The van der Waals surface area contributed by atoms with E-state index in [1.54, 1.807) is 37.6 Å². The summed E-state index contributed by atoms with van der Waals surface area (Å²) in [7, 11) is -2.07. The molecule has 0 aliphatic heterocycles. The van der Waals surface area contributed by atoms with Crippen molar-refractivity contribution in [2.75, 3.05) is 17.1 Å². The molecule has 0 amide bonds. The maximum absolute atomic E-state index is 12.5. The molecule has 0 bridgehead atoms. The lowest BCUT2D eigenvalue weighted by Gasteiger charge is -2.12. The lowest BCUT2D eigenvalue weighted by molar-refractivity contribution is 0.416. The van der Waals surface area contributed by atoms with Gasteiger partial charge in [0.1, 0.15) is 11.6 Å². The van der Waals surface area contributed by atoms with Gasteiger partial charge in [-0.15, -0.1) is 0 Å². The van der Waals surface area contributed by atoms with Crippen LogP contribution in [0.2, 0.25) is 0 Å². The van der Waals surface area contributed by atoms with E-state index in [1.165, 1.54) is 0 Å². The quantitative estimate of drug-likeness (QED) is 0.613. The van der Waals surface area contributed by atoms with Crippen molar-refractivity contribution in [2.24, 2.45) is 0 Å². The number of aryl methyl sites for hydroxylation is 2. The van der Waals surface area contributed by atoms with Gasteiger partial charge >= 0.3 is 0 Å². The normalized spacial score (nSPS) is 11.1. The summed E-state index contributed by atoms with van der Waals surface area (Å²) in [6, 6.07) is 16.0. The third-order valence-corrected chi connectivity index (χ3v) is 5.65. The zero-order valence-electron chi connectivity index (χ0n) is 16.1. The van der Waals surface area contributed by atoms with Gasteiger partial charge in [0, 0.05) is 0 Å². The highest BCUT2D eigenvalue weighted by Gasteiger charge is 2.14. The van der Waals surface area contributed by atoms with Crippen LogP contribution in [-0.2, 0) is 16.4 Å². The summed E-state index contributed by atoms with van der Waals surface area (Å²) >= 11 is 0. The summed E-state index contributed by atoms with van der Waals surface area (Å²) in [5.41, 5.74) is 3.71. The molecule has 28 heavy (non-hydrogen) atoms. The van der Waals surface area contributed by atoms with Crippen molar-refractivity contribution in [2.45, 2.75) is 25.2 Å². The van der Waals surface area contributed by atoms with Crippen LogP contribution in [-0.4, -0.2) is 20.5 Å². The molecule has 0 radical (unpaired) electrons. The van der Waals surface area contributed by atoms with Gasteiger partial charge in [0.25, 0.3) is 10.0 Å². The Labute approximate surface area is 165 Å². The molecule has 0 saturated carbocycles. The number of ether oxygens (including phenoxy) is 1. The predicted molar refractivity (Wildman–Crippen MR) is 112 cm³/mol. The topological polar surface area (TPSA) is 80.3 Å². The molecule has 146 valence electrons. The molecule has 6 nitrogen and oxygen atoms in total. The highest BCUT2D eigenvalue weighted by molar-refractivity contribution is 7.92. The van der Waals surface area contributed by atoms with Crippen LogP contribution in [0, 0.1) is 6.92 Å². The molecule has 3 rings (SSSR count). The molecule has 3 aromatic rings. The number of anilines is 3. The third-order valence-electron chi connectivity index (χ3n) is 4.28. The summed E-state index contributed by atoms with van der Waals surface area (Å²) in [5, 5.41) is 3.23. The molecule has 0 spiro atoms. The first-order valence-corrected chi connectivity index (χ1v) is 10.4. The van der Waals surface area contributed by atoms with Crippen LogP contribution in [0.3, 0.4) is 0 Å². The maximum atomic E-state index is 12.5. The van der Waals surface area contributed by atoms with Crippen molar-refractivity contribution in [1.82, 2.24) is 4.98 Å². The number of hydrogen-bond acceptors (Lipinski definition) is 5. The first-order valence-electron chi connectivity index (χ1n) is 8.91. The van der Waals surface area contributed by atoms with Gasteiger partial charge in [0.05, 0.1) is 29.6 Å². The van der Waals surface area contributed by atoms with Crippen LogP contribution < -0.4 is 14.8 Å². The standard InChI is InChI=1S/C21H23N3O3S/c1-4-16-6-9-18(10-7-16)28(25,26)24-21-12-8-17(14-22-21)23-19-13-15(2)5-11-20(19)27-3/h5-14,23H,4H2,1-3H3,(H,22,24). The van der Waals surface area contributed by atoms with Crippen molar-refractivity contribution in [3.63, 3.8) is 0 Å². The van der Waals surface area contributed by atoms with E-state index < -0.39 is 10.0 Å². The zero-order valence-corrected chi connectivity index (χ0v) is 16.9. The van der Waals surface area contributed by atoms with Crippen molar-refractivity contribution < 1.29 is 13.2 Å². The van der Waals surface area contributed by atoms with E-state index in [-0.39, 0.29) is 10.7 Å². The first kappa shape index (κ1) is 19.7. The summed E-state index contributed by atoms with van der Waals surface area (Å²) in [4.78, 5) is 4.41. The van der Waals surface area contributed by atoms with Crippen LogP contribution in [0.4, 0.5) is 17.2 Å². The number of methoxy groups -OCH3 is 1. The molecule has 0 fully saturated rings. The molecule has 0 unspecified atom stereocenters. The average Bonchev–Trinajstić information content (AvgIpc) is 2.69. The Kier molecular flexibility index (Phi) is 5.84. The van der Waals surface area contributed by atoms with Crippen molar-refractivity contribution >= 4 is 27.2 Å². The number of rotatable bonds is 7. The number of nitrogens with zero attached hydrogens (tertiary/aromatic N) is 1. The van der Waals surface area contributed by atoms with E-state index in [2.05, 4.69) is 15.0 Å². The first-order chi connectivity index (χ1) is 13.4. The number of benzene rings is 2. The van der Waals surface area contributed by atoms with Gasteiger partial charge in [-0.05, 0) is 60.9 Å². The monoisotopic (exact) mass is 397 g/mol. The van der Waals surface area contributed by atoms with E-state index >= 15 is 0 Å². The molecule has 2 N–H and O–H groups in total. The third kappa shape index (κ3) is 4.61. The van der Waals surface area contributed by atoms with Crippen molar-refractivity contribution in [3.8, 4) is 5.75 Å². The second-order valence-electron chi connectivity index (χ2n) is 6.36. The Balaban J connectivity index is 1.74. The van der Waals surface area contributed by atoms with Crippen molar-refractivity contribution in [1.29, 1.82) is 0 Å². The summed E-state index contributed by atoms with van der Waals surface area (Å²) in [6.07, 6.45) is 2.43. The van der Waals surface area contributed by atoms with Crippen LogP contribution in [0.5, 0.6) is 5.75 Å². The van der Waals surface area contributed by atoms with Gasteiger partial charge in [-0.25, -0.2) is 13.4 Å². The fourth-order valence-electron chi connectivity index (χ4n) is 2.70. The van der Waals surface area contributed by atoms with Crippen LogP contribution in [0.1, 0.15) is 18.1 Å². The second-order valence-corrected chi connectivity index (χ2v) is 8.05. The lowest BCUT2D eigenvalue weighted by Crippen LogP contribution is -2.13.